The molecule has 0 unspecified atom stereocenters. The fraction of sp³-hybridized carbons (Fsp3) is 0.333. The molecule has 1 aliphatic carbocycles. The monoisotopic (exact) mass is 283 g/mol. The molecule has 21 heavy (non-hydrogen) atoms. The summed E-state index contributed by atoms with van der Waals surface area (Å²) in [6.45, 7) is 2.88. The molecule has 2 aromatic carbocycles. The van der Waals surface area contributed by atoms with E-state index in [0.717, 1.165) is 29.4 Å². The standard InChI is InChI=1S/C18H21NO2/c1-13-7-10-17(18(11-13)20-2)21-16-6-4-3-5-14(16)12-19-15-8-9-15/h3-7,10-11,15,19H,8-9,12H2,1-2H3. The Labute approximate surface area is 125 Å². The number of methoxy groups -OCH3 is 1. The Hall–Kier alpha value is -2.00. The maximum absolute atomic E-state index is 6.07. The third-order valence-corrected chi connectivity index (χ3v) is 3.67. The predicted molar refractivity (Wildman–Crippen MR) is 84.1 cm³/mol. The molecule has 0 spiro atoms. The number of hydrogen-bond acceptors (Lipinski definition) is 3. The van der Waals surface area contributed by atoms with Crippen molar-refractivity contribution in [1.29, 1.82) is 0 Å². The van der Waals surface area contributed by atoms with Gasteiger partial charge in [-0.15, -0.1) is 0 Å². The van der Waals surface area contributed by atoms with Gasteiger partial charge in [0.05, 0.1) is 7.11 Å². The van der Waals surface area contributed by atoms with Crippen molar-refractivity contribution in [2.45, 2.75) is 32.4 Å². The Bertz CT molecular complexity index is 620. The van der Waals surface area contributed by atoms with Crippen LogP contribution in [0.2, 0.25) is 0 Å². The van der Waals surface area contributed by atoms with Crippen LogP contribution < -0.4 is 14.8 Å². The van der Waals surface area contributed by atoms with Gasteiger partial charge in [0.2, 0.25) is 0 Å². The van der Waals surface area contributed by atoms with E-state index in [4.69, 9.17) is 9.47 Å². The summed E-state index contributed by atoms with van der Waals surface area (Å²) in [5, 5.41) is 3.53. The van der Waals surface area contributed by atoms with Crippen molar-refractivity contribution in [1.82, 2.24) is 5.32 Å². The molecule has 0 radical (unpaired) electrons. The van der Waals surface area contributed by atoms with Crippen molar-refractivity contribution in [3.05, 3.63) is 53.6 Å². The predicted octanol–water partition coefficient (Wildman–Crippen LogP) is 4.05. The normalized spacial score (nSPS) is 14.0. The van der Waals surface area contributed by atoms with Gasteiger partial charge >= 0.3 is 0 Å². The van der Waals surface area contributed by atoms with Gasteiger partial charge < -0.3 is 14.8 Å². The van der Waals surface area contributed by atoms with E-state index in [1.54, 1.807) is 7.11 Å². The highest BCUT2D eigenvalue weighted by Gasteiger charge is 2.20. The summed E-state index contributed by atoms with van der Waals surface area (Å²) in [7, 11) is 1.67. The second kappa shape index (κ2) is 6.19. The van der Waals surface area contributed by atoms with Crippen molar-refractivity contribution in [3.8, 4) is 17.2 Å². The number of ether oxygens (including phenoxy) is 2. The molecule has 1 fully saturated rings. The molecule has 0 atom stereocenters. The average molecular weight is 283 g/mol. The lowest BCUT2D eigenvalue weighted by molar-refractivity contribution is 0.377. The van der Waals surface area contributed by atoms with Gasteiger partial charge in [0, 0.05) is 18.2 Å². The molecular weight excluding hydrogens is 262 g/mol. The van der Waals surface area contributed by atoms with Crippen molar-refractivity contribution in [3.63, 3.8) is 0 Å². The zero-order valence-corrected chi connectivity index (χ0v) is 12.6. The van der Waals surface area contributed by atoms with Crippen LogP contribution in [0.15, 0.2) is 42.5 Å². The minimum atomic E-state index is 0.687. The molecule has 3 heteroatoms. The van der Waals surface area contributed by atoms with Crippen molar-refractivity contribution in [2.24, 2.45) is 0 Å². The summed E-state index contributed by atoms with van der Waals surface area (Å²) in [5.41, 5.74) is 2.33. The van der Waals surface area contributed by atoms with Gasteiger partial charge in [-0.25, -0.2) is 0 Å². The zero-order valence-electron chi connectivity index (χ0n) is 12.6. The largest absolute Gasteiger partial charge is 0.493 e. The van der Waals surface area contributed by atoms with E-state index in [-0.39, 0.29) is 0 Å². The van der Waals surface area contributed by atoms with Crippen LogP contribution in [0.4, 0.5) is 0 Å². The van der Waals surface area contributed by atoms with E-state index >= 15 is 0 Å². The highest BCUT2D eigenvalue weighted by molar-refractivity contribution is 5.46. The maximum Gasteiger partial charge on any atom is 0.169 e. The van der Waals surface area contributed by atoms with E-state index in [1.807, 2.05) is 43.3 Å². The van der Waals surface area contributed by atoms with E-state index in [9.17, 15) is 0 Å². The summed E-state index contributed by atoms with van der Waals surface area (Å²) in [6.07, 6.45) is 2.57. The summed E-state index contributed by atoms with van der Waals surface area (Å²) in [5.74, 6) is 2.40. The minimum absolute atomic E-state index is 0.687. The minimum Gasteiger partial charge on any atom is -0.493 e. The van der Waals surface area contributed by atoms with Gasteiger partial charge in [-0.3, -0.25) is 0 Å². The van der Waals surface area contributed by atoms with Gasteiger partial charge in [-0.05, 0) is 43.5 Å². The number of nitrogens with one attached hydrogen (secondary N) is 1. The first kappa shape index (κ1) is 14.0. The van der Waals surface area contributed by atoms with Gasteiger partial charge in [0.1, 0.15) is 5.75 Å². The number of hydrogen-bond donors (Lipinski definition) is 1. The smallest absolute Gasteiger partial charge is 0.169 e. The van der Waals surface area contributed by atoms with Gasteiger partial charge in [0.15, 0.2) is 11.5 Å². The van der Waals surface area contributed by atoms with Crippen LogP contribution in [0.3, 0.4) is 0 Å². The highest BCUT2D eigenvalue weighted by atomic mass is 16.5. The first-order chi connectivity index (χ1) is 10.3. The third-order valence-electron chi connectivity index (χ3n) is 3.67. The molecule has 110 valence electrons. The molecule has 0 amide bonds. The summed E-state index contributed by atoms with van der Waals surface area (Å²) < 4.78 is 11.5. The molecule has 1 aliphatic rings. The first-order valence-corrected chi connectivity index (χ1v) is 7.40. The molecule has 2 aromatic rings. The van der Waals surface area contributed by atoms with E-state index < -0.39 is 0 Å². The summed E-state index contributed by atoms with van der Waals surface area (Å²) >= 11 is 0. The van der Waals surface area contributed by atoms with Crippen LogP contribution in [0.1, 0.15) is 24.0 Å². The topological polar surface area (TPSA) is 30.5 Å². The van der Waals surface area contributed by atoms with Crippen LogP contribution in [-0.4, -0.2) is 13.2 Å². The van der Waals surface area contributed by atoms with Gasteiger partial charge in [0.25, 0.3) is 0 Å². The fourth-order valence-corrected chi connectivity index (χ4v) is 2.27. The van der Waals surface area contributed by atoms with E-state index in [1.165, 1.54) is 18.4 Å². The molecule has 3 rings (SSSR count). The van der Waals surface area contributed by atoms with Gasteiger partial charge in [-0.1, -0.05) is 24.3 Å². The van der Waals surface area contributed by atoms with E-state index in [2.05, 4.69) is 11.4 Å². The molecule has 3 nitrogen and oxygen atoms in total. The van der Waals surface area contributed by atoms with Gasteiger partial charge in [-0.2, -0.15) is 0 Å². The Morgan fingerprint density at radius 1 is 1.05 bits per heavy atom. The van der Waals surface area contributed by atoms with Crippen molar-refractivity contribution < 1.29 is 9.47 Å². The Morgan fingerprint density at radius 2 is 1.86 bits per heavy atom. The second-order valence-corrected chi connectivity index (χ2v) is 5.52. The Balaban J connectivity index is 1.80. The quantitative estimate of drug-likeness (QED) is 0.867. The second-order valence-electron chi connectivity index (χ2n) is 5.52. The van der Waals surface area contributed by atoms with Crippen LogP contribution >= 0.6 is 0 Å². The first-order valence-electron chi connectivity index (χ1n) is 7.40. The molecule has 0 aromatic heterocycles. The SMILES string of the molecule is COc1cc(C)ccc1Oc1ccccc1CNC1CC1. The highest BCUT2D eigenvalue weighted by Crippen LogP contribution is 2.34. The average Bonchev–Trinajstić information content (AvgIpc) is 3.32. The summed E-state index contributed by atoms with van der Waals surface area (Å²) in [6, 6.07) is 14.8. The van der Waals surface area contributed by atoms with E-state index in [0.29, 0.717) is 6.04 Å². The van der Waals surface area contributed by atoms with Crippen LogP contribution in [0.5, 0.6) is 17.2 Å². The van der Waals surface area contributed by atoms with Crippen molar-refractivity contribution in [2.75, 3.05) is 7.11 Å². The number of para-hydroxylation sites is 1. The maximum atomic E-state index is 6.07. The molecular formula is C18H21NO2. The Morgan fingerprint density at radius 3 is 2.62 bits per heavy atom. The number of rotatable bonds is 6. The molecule has 1 saturated carbocycles. The van der Waals surface area contributed by atoms with Crippen LogP contribution in [0.25, 0.3) is 0 Å². The number of benzene rings is 2. The number of aryl methyl sites for hydroxylation is 1. The van der Waals surface area contributed by atoms with Crippen LogP contribution in [0, 0.1) is 6.92 Å². The summed E-state index contributed by atoms with van der Waals surface area (Å²) in [4.78, 5) is 0. The lowest BCUT2D eigenvalue weighted by Gasteiger charge is -2.14. The zero-order chi connectivity index (χ0) is 14.7. The Kier molecular flexibility index (Phi) is 4.11. The van der Waals surface area contributed by atoms with Crippen molar-refractivity contribution >= 4 is 0 Å². The molecule has 0 heterocycles. The van der Waals surface area contributed by atoms with Crippen LogP contribution in [-0.2, 0) is 6.54 Å². The lowest BCUT2D eigenvalue weighted by atomic mass is 10.2. The fourth-order valence-electron chi connectivity index (χ4n) is 2.27. The molecule has 0 bridgehead atoms. The molecule has 0 aliphatic heterocycles. The molecule has 0 saturated heterocycles. The third kappa shape index (κ3) is 3.56. The molecule has 1 N–H and O–H groups in total. The lowest BCUT2D eigenvalue weighted by Crippen LogP contribution is -2.15.